The number of hydrogen-bond acceptors (Lipinski definition) is 4. The fourth-order valence-corrected chi connectivity index (χ4v) is 4.00. The molecular weight excluding hydrogens is 322 g/mol. The highest BCUT2D eigenvalue weighted by Gasteiger charge is 2.50. The van der Waals surface area contributed by atoms with Gasteiger partial charge in [0.15, 0.2) is 5.82 Å². The molecule has 4 rings (SSSR count). The molecule has 0 aliphatic heterocycles. The second-order valence-electron chi connectivity index (χ2n) is 8.09. The highest BCUT2D eigenvalue weighted by atomic mass is 16.5. The highest BCUT2D eigenvalue weighted by Crippen LogP contribution is 2.48. The minimum atomic E-state index is -0.241. The van der Waals surface area contributed by atoms with Crippen LogP contribution in [0.4, 0.5) is 0 Å². The zero-order chi connectivity index (χ0) is 18.2. The molecule has 2 N–H and O–H groups in total. The van der Waals surface area contributed by atoms with Crippen molar-refractivity contribution in [3.05, 3.63) is 83.5 Å². The molecule has 1 aliphatic carbocycles. The smallest absolute Gasteiger partial charge is 0.237 e. The van der Waals surface area contributed by atoms with Gasteiger partial charge in [0, 0.05) is 11.5 Å². The molecule has 0 atom stereocenters. The van der Waals surface area contributed by atoms with Crippen molar-refractivity contribution in [2.75, 3.05) is 0 Å². The molecule has 1 heterocycles. The van der Waals surface area contributed by atoms with Gasteiger partial charge in [-0.25, -0.2) is 0 Å². The van der Waals surface area contributed by atoms with Crippen LogP contribution in [0.5, 0.6) is 0 Å². The van der Waals surface area contributed by atoms with Crippen LogP contribution in [0.2, 0.25) is 0 Å². The van der Waals surface area contributed by atoms with E-state index in [4.69, 9.17) is 15.2 Å². The molecule has 1 aliphatic rings. The molecule has 1 saturated carbocycles. The maximum absolute atomic E-state index is 6.13. The predicted octanol–water partition coefficient (Wildman–Crippen LogP) is 4.00. The summed E-state index contributed by atoms with van der Waals surface area (Å²) in [5.41, 5.74) is 8.17. The molecule has 1 fully saturated rings. The minimum absolute atomic E-state index is 0.183. The first-order valence-electron chi connectivity index (χ1n) is 9.19. The van der Waals surface area contributed by atoms with E-state index in [1.165, 1.54) is 11.1 Å². The van der Waals surface area contributed by atoms with E-state index in [1.807, 2.05) is 12.1 Å². The Bertz CT molecular complexity index is 865. The number of nitrogens with zero attached hydrogens (tertiary/aromatic N) is 2. The molecular formula is C22H25N3O. The highest BCUT2D eigenvalue weighted by molar-refractivity contribution is 5.36. The molecule has 4 heteroatoms. The van der Waals surface area contributed by atoms with Gasteiger partial charge >= 0.3 is 0 Å². The molecule has 1 aromatic heterocycles. The van der Waals surface area contributed by atoms with Gasteiger partial charge in [-0.15, -0.1) is 0 Å². The Morgan fingerprint density at radius 2 is 1.65 bits per heavy atom. The summed E-state index contributed by atoms with van der Waals surface area (Å²) >= 11 is 0. The molecule has 4 nitrogen and oxygen atoms in total. The molecule has 0 unspecified atom stereocenters. The summed E-state index contributed by atoms with van der Waals surface area (Å²) in [4.78, 5) is 4.85. The quantitative estimate of drug-likeness (QED) is 0.758. The van der Waals surface area contributed by atoms with E-state index in [1.54, 1.807) is 0 Å². The Balaban J connectivity index is 1.64. The van der Waals surface area contributed by atoms with Crippen molar-refractivity contribution in [2.45, 2.75) is 50.0 Å². The van der Waals surface area contributed by atoms with Crippen LogP contribution < -0.4 is 5.73 Å². The Kier molecular flexibility index (Phi) is 4.16. The topological polar surface area (TPSA) is 64.9 Å². The lowest BCUT2D eigenvalue weighted by Crippen LogP contribution is -2.50. The Labute approximate surface area is 154 Å². The van der Waals surface area contributed by atoms with Crippen molar-refractivity contribution in [3.8, 4) is 0 Å². The molecule has 0 spiro atoms. The molecule has 0 amide bonds. The number of aromatic nitrogens is 2. The second-order valence-corrected chi connectivity index (χ2v) is 8.09. The van der Waals surface area contributed by atoms with E-state index in [0.29, 0.717) is 5.89 Å². The van der Waals surface area contributed by atoms with Crippen molar-refractivity contribution in [1.82, 2.24) is 10.1 Å². The zero-order valence-electron chi connectivity index (χ0n) is 15.4. The molecule has 134 valence electrons. The molecule has 0 saturated heterocycles. The van der Waals surface area contributed by atoms with Crippen LogP contribution in [-0.4, -0.2) is 16.2 Å². The lowest BCUT2D eigenvalue weighted by Gasteiger charge is -2.43. The van der Waals surface area contributed by atoms with Crippen LogP contribution >= 0.6 is 0 Å². The van der Waals surface area contributed by atoms with Gasteiger partial charge in [0.25, 0.3) is 0 Å². The first kappa shape index (κ1) is 17.0. The van der Waals surface area contributed by atoms with Gasteiger partial charge in [0.2, 0.25) is 5.89 Å². The minimum Gasteiger partial charge on any atom is -0.338 e. The van der Waals surface area contributed by atoms with Crippen LogP contribution in [0.3, 0.4) is 0 Å². The summed E-state index contributed by atoms with van der Waals surface area (Å²) in [5, 5.41) is 4.36. The molecule has 26 heavy (non-hydrogen) atoms. The summed E-state index contributed by atoms with van der Waals surface area (Å²) < 4.78 is 5.78. The van der Waals surface area contributed by atoms with Crippen molar-refractivity contribution in [2.24, 2.45) is 5.73 Å². The number of hydrogen-bond donors (Lipinski definition) is 1. The summed E-state index contributed by atoms with van der Waals surface area (Å²) in [5.74, 6) is 1.45. The first-order chi connectivity index (χ1) is 12.5. The van der Waals surface area contributed by atoms with Crippen molar-refractivity contribution >= 4 is 0 Å². The fourth-order valence-electron chi connectivity index (χ4n) is 4.00. The van der Waals surface area contributed by atoms with Gasteiger partial charge < -0.3 is 10.3 Å². The fraction of sp³-hybridized carbons (Fsp3) is 0.364. The zero-order valence-corrected chi connectivity index (χ0v) is 15.4. The van der Waals surface area contributed by atoms with E-state index in [-0.39, 0.29) is 16.9 Å². The van der Waals surface area contributed by atoms with Crippen LogP contribution in [0, 0.1) is 0 Å². The summed E-state index contributed by atoms with van der Waals surface area (Å²) in [6.07, 6.45) is 2.56. The van der Waals surface area contributed by atoms with Crippen molar-refractivity contribution in [1.29, 1.82) is 0 Å². The maximum Gasteiger partial charge on any atom is 0.237 e. The van der Waals surface area contributed by atoms with E-state index < -0.39 is 0 Å². The number of rotatable bonds is 5. The third-order valence-electron chi connectivity index (χ3n) is 5.48. The Hall–Kier alpha value is -2.46. The monoisotopic (exact) mass is 347 g/mol. The average Bonchev–Trinajstić information content (AvgIpc) is 3.11. The third-order valence-corrected chi connectivity index (χ3v) is 5.48. The lowest BCUT2D eigenvalue weighted by molar-refractivity contribution is 0.187. The van der Waals surface area contributed by atoms with E-state index in [0.717, 1.165) is 25.1 Å². The number of benzene rings is 2. The Morgan fingerprint density at radius 3 is 2.27 bits per heavy atom. The van der Waals surface area contributed by atoms with Crippen molar-refractivity contribution in [3.63, 3.8) is 0 Å². The van der Waals surface area contributed by atoms with Gasteiger partial charge in [-0.3, -0.25) is 0 Å². The third kappa shape index (κ3) is 2.95. The molecule has 0 radical (unpaired) electrons. The SMILES string of the molecule is CC(C)(Cc1ccccc1)c1noc(C2(c3ccccc3)CC(N)C2)n1. The Morgan fingerprint density at radius 1 is 1.04 bits per heavy atom. The largest absolute Gasteiger partial charge is 0.338 e. The van der Waals surface area contributed by atoms with Gasteiger partial charge in [-0.05, 0) is 30.4 Å². The number of nitrogens with two attached hydrogens (primary N) is 1. The van der Waals surface area contributed by atoms with Gasteiger partial charge in [0.05, 0.1) is 5.41 Å². The van der Waals surface area contributed by atoms with Gasteiger partial charge in [-0.1, -0.05) is 79.7 Å². The molecule has 3 aromatic rings. The normalized spacial score (nSPS) is 22.8. The molecule has 2 aromatic carbocycles. The summed E-state index contributed by atoms with van der Waals surface area (Å²) in [6.45, 7) is 4.33. The van der Waals surface area contributed by atoms with Crippen LogP contribution in [0.15, 0.2) is 65.2 Å². The second kappa shape index (κ2) is 6.36. The first-order valence-corrected chi connectivity index (χ1v) is 9.19. The molecule has 0 bridgehead atoms. The summed E-state index contributed by atoms with van der Waals surface area (Å²) in [7, 11) is 0. The standard InChI is InChI=1S/C22H25N3O/c1-21(2,13-16-9-5-3-6-10-16)19-24-20(26-25-19)22(14-18(23)15-22)17-11-7-4-8-12-17/h3-12,18H,13-15,23H2,1-2H3. The van der Waals surface area contributed by atoms with Crippen LogP contribution in [-0.2, 0) is 17.3 Å². The lowest BCUT2D eigenvalue weighted by atomic mass is 9.61. The van der Waals surface area contributed by atoms with E-state index >= 15 is 0 Å². The summed E-state index contributed by atoms with van der Waals surface area (Å²) in [6, 6.07) is 21.0. The van der Waals surface area contributed by atoms with Crippen LogP contribution in [0.25, 0.3) is 0 Å². The maximum atomic E-state index is 6.13. The van der Waals surface area contributed by atoms with E-state index in [9.17, 15) is 0 Å². The predicted molar refractivity (Wildman–Crippen MR) is 102 cm³/mol. The van der Waals surface area contributed by atoms with Gasteiger partial charge in [0.1, 0.15) is 0 Å². The average molecular weight is 347 g/mol. The van der Waals surface area contributed by atoms with Crippen molar-refractivity contribution < 1.29 is 4.52 Å². The van der Waals surface area contributed by atoms with Crippen LogP contribution in [0.1, 0.15) is 49.5 Å². The van der Waals surface area contributed by atoms with Gasteiger partial charge in [-0.2, -0.15) is 4.98 Å². The van der Waals surface area contributed by atoms with E-state index in [2.05, 4.69) is 67.5 Å².